The molecule has 1 saturated carbocycles. The summed E-state index contributed by atoms with van der Waals surface area (Å²) in [6.07, 6.45) is -0.0290. The Hall–Kier alpha value is -2.56. The minimum absolute atomic E-state index is 0.0247. The Balaban J connectivity index is 1.64. The lowest BCUT2D eigenvalue weighted by Crippen LogP contribution is -2.48. The van der Waals surface area contributed by atoms with Gasteiger partial charge in [-0.25, -0.2) is 0 Å². The smallest absolute Gasteiger partial charge is 0.457 e. The molecule has 1 saturated heterocycles. The fourth-order valence-electron chi connectivity index (χ4n) is 6.70. The van der Waals surface area contributed by atoms with Crippen LogP contribution in [0.3, 0.4) is 0 Å². The van der Waals surface area contributed by atoms with Gasteiger partial charge in [0.2, 0.25) is 0 Å². The number of hydrogen-bond donors (Lipinski definition) is 1. The van der Waals surface area contributed by atoms with E-state index in [1.807, 2.05) is 31.2 Å². The van der Waals surface area contributed by atoms with Gasteiger partial charge in [0.15, 0.2) is 5.78 Å². The monoisotopic (exact) mass is 486 g/mol. The quantitative estimate of drug-likeness (QED) is 0.563. The standard InChI is InChI=1S/C28H29F3O4/c1-26-16-35-25(17-3-7-20(34-2)8-4-17)24-21-10-6-19(32)15-18(21)5-9-22(24)23(26)11-12-27(26,33)13-14-28(29,30)31/h3-4,7-8,15,22-23,25,33H,5-6,9-12,16H2,1-2H3/t22?,23?,25-,26+,27-/m1/s1. The number of ketones is 1. The molecular weight excluding hydrogens is 457 g/mol. The molecule has 0 radical (unpaired) electrons. The van der Waals surface area contributed by atoms with Crippen LogP contribution in [-0.4, -0.2) is 36.4 Å². The Kier molecular flexibility index (Phi) is 5.89. The van der Waals surface area contributed by atoms with Crippen LogP contribution in [0.2, 0.25) is 0 Å². The van der Waals surface area contributed by atoms with Crippen molar-refractivity contribution in [3.05, 3.63) is 52.6 Å². The van der Waals surface area contributed by atoms with E-state index < -0.39 is 23.3 Å². The first-order chi connectivity index (χ1) is 16.5. The zero-order chi connectivity index (χ0) is 25.0. The molecule has 35 heavy (non-hydrogen) atoms. The summed E-state index contributed by atoms with van der Waals surface area (Å²) in [5.41, 5.74) is 1.46. The largest absolute Gasteiger partial charge is 0.497 e. The van der Waals surface area contributed by atoms with Crippen molar-refractivity contribution in [1.82, 2.24) is 0 Å². The number of methoxy groups -OCH3 is 1. The predicted octanol–water partition coefficient (Wildman–Crippen LogP) is 5.48. The van der Waals surface area contributed by atoms with Crippen LogP contribution in [0, 0.1) is 29.1 Å². The van der Waals surface area contributed by atoms with Gasteiger partial charge in [0.05, 0.1) is 13.7 Å². The van der Waals surface area contributed by atoms with Gasteiger partial charge in [-0.2, -0.15) is 13.2 Å². The summed E-state index contributed by atoms with van der Waals surface area (Å²) >= 11 is 0. The Labute approximate surface area is 203 Å². The molecular formula is C28H29F3O4. The third-order valence-electron chi connectivity index (χ3n) is 8.54. The van der Waals surface area contributed by atoms with Crippen molar-refractivity contribution in [2.45, 2.75) is 63.3 Å². The summed E-state index contributed by atoms with van der Waals surface area (Å²) in [4.78, 5) is 12.2. The number of fused-ring (bicyclic) bond motifs is 4. The molecule has 2 fully saturated rings. The van der Waals surface area contributed by atoms with Gasteiger partial charge in [-0.05, 0) is 84.4 Å². The van der Waals surface area contributed by atoms with Crippen molar-refractivity contribution in [2.24, 2.45) is 17.3 Å². The van der Waals surface area contributed by atoms with E-state index in [9.17, 15) is 23.1 Å². The topological polar surface area (TPSA) is 55.8 Å². The van der Waals surface area contributed by atoms with E-state index in [1.165, 1.54) is 5.92 Å². The Morgan fingerprint density at radius 2 is 1.89 bits per heavy atom. The van der Waals surface area contributed by atoms with Crippen LogP contribution < -0.4 is 4.74 Å². The summed E-state index contributed by atoms with van der Waals surface area (Å²) in [7, 11) is 1.60. The molecule has 1 aromatic rings. The molecule has 2 unspecified atom stereocenters. The fourth-order valence-corrected chi connectivity index (χ4v) is 6.70. The molecule has 5 atom stereocenters. The second-order valence-corrected chi connectivity index (χ2v) is 10.3. The molecule has 5 rings (SSSR count). The van der Waals surface area contributed by atoms with Gasteiger partial charge in [-0.3, -0.25) is 4.79 Å². The minimum Gasteiger partial charge on any atom is -0.497 e. The van der Waals surface area contributed by atoms with Crippen LogP contribution in [0.25, 0.3) is 0 Å². The zero-order valence-electron chi connectivity index (χ0n) is 19.9. The van der Waals surface area contributed by atoms with Gasteiger partial charge in [0.1, 0.15) is 17.5 Å². The number of carbonyl (C=O) groups excluding carboxylic acids is 1. The first-order valence-corrected chi connectivity index (χ1v) is 12.1. The molecule has 7 heteroatoms. The number of hydrogen-bond acceptors (Lipinski definition) is 4. The van der Waals surface area contributed by atoms with Crippen molar-refractivity contribution in [3.63, 3.8) is 0 Å². The first kappa shape index (κ1) is 24.1. The summed E-state index contributed by atoms with van der Waals surface area (Å²) in [5, 5.41) is 11.5. The molecule has 0 spiro atoms. The number of rotatable bonds is 2. The van der Waals surface area contributed by atoms with E-state index in [0.717, 1.165) is 35.1 Å². The van der Waals surface area contributed by atoms with E-state index in [-0.39, 0.29) is 30.6 Å². The average molecular weight is 487 g/mol. The van der Waals surface area contributed by atoms with Crippen molar-refractivity contribution in [3.8, 4) is 17.6 Å². The summed E-state index contributed by atoms with van der Waals surface area (Å²) < 4.78 is 50.8. The minimum atomic E-state index is -4.67. The highest BCUT2D eigenvalue weighted by Crippen LogP contribution is 2.61. The zero-order valence-corrected chi connectivity index (χ0v) is 19.9. The van der Waals surface area contributed by atoms with E-state index >= 15 is 0 Å². The molecule has 1 aliphatic heterocycles. The Bertz CT molecular complexity index is 1150. The molecule has 3 aliphatic carbocycles. The highest BCUT2D eigenvalue weighted by molar-refractivity contribution is 5.93. The molecule has 0 amide bonds. The van der Waals surface area contributed by atoms with Crippen LogP contribution in [0.1, 0.15) is 57.1 Å². The van der Waals surface area contributed by atoms with Gasteiger partial charge in [0.25, 0.3) is 0 Å². The number of benzene rings is 1. The highest BCUT2D eigenvalue weighted by Gasteiger charge is 2.61. The van der Waals surface area contributed by atoms with Crippen LogP contribution >= 0.6 is 0 Å². The lowest BCUT2D eigenvalue weighted by atomic mass is 9.61. The summed E-state index contributed by atoms with van der Waals surface area (Å²) in [5.74, 6) is 4.32. The molecule has 4 aliphatic rings. The van der Waals surface area contributed by atoms with E-state index in [4.69, 9.17) is 9.47 Å². The summed E-state index contributed by atoms with van der Waals surface area (Å²) in [6, 6.07) is 7.61. The van der Waals surface area contributed by atoms with Crippen LogP contribution in [0.15, 0.2) is 47.1 Å². The Morgan fingerprint density at radius 3 is 2.57 bits per heavy atom. The number of ether oxygens (including phenoxy) is 2. The Morgan fingerprint density at radius 1 is 1.14 bits per heavy atom. The third-order valence-corrected chi connectivity index (χ3v) is 8.54. The molecule has 1 aromatic carbocycles. The second-order valence-electron chi connectivity index (χ2n) is 10.3. The lowest BCUT2D eigenvalue weighted by Gasteiger charge is -2.42. The first-order valence-electron chi connectivity index (χ1n) is 12.1. The average Bonchev–Trinajstić information content (AvgIpc) is 2.99. The molecule has 4 nitrogen and oxygen atoms in total. The van der Waals surface area contributed by atoms with Gasteiger partial charge >= 0.3 is 6.18 Å². The SMILES string of the molecule is COc1ccc([C@H]2OC[C@@]3(C)C(CC[C@@]3(O)C#CC(F)(F)F)C3CCC4=CC(=O)CCC4=C32)cc1. The molecule has 1 N–H and O–H groups in total. The number of alkyl halides is 3. The predicted molar refractivity (Wildman–Crippen MR) is 123 cm³/mol. The summed E-state index contributed by atoms with van der Waals surface area (Å²) in [6.45, 7) is 1.91. The van der Waals surface area contributed by atoms with Crippen molar-refractivity contribution in [1.29, 1.82) is 0 Å². The van der Waals surface area contributed by atoms with Crippen molar-refractivity contribution in [2.75, 3.05) is 13.7 Å². The van der Waals surface area contributed by atoms with E-state index in [2.05, 4.69) is 5.92 Å². The van der Waals surface area contributed by atoms with Crippen LogP contribution in [-0.2, 0) is 9.53 Å². The van der Waals surface area contributed by atoms with Crippen LogP contribution in [0.4, 0.5) is 13.2 Å². The van der Waals surface area contributed by atoms with Gasteiger partial charge in [-0.1, -0.05) is 25.0 Å². The van der Waals surface area contributed by atoms with Crippen molar-refractivity contribution >= 4 is 5.78 Å². The molecule has 1 heterocycles. The third kappa shape index (κ3) is 4.11. The number of halogens is 3. The van der Waals surface area contributed by atoms with Crippen LogP contribution in [0.5, 0.6) is 5.75 Å². The maximum Gasteiger partial charge on any atom is 0.457 e. The maximum absolute atomic E-state index is 13.0. The number of allylic oxidation sites excluding steroid dienone is 3. The molecule has 186 valence electrons. The van der Waals surface area contributed by atoms with Gasteiger partial charge < -0.3 is 14.6 Å². The van der Waals surface area contributed by atoms with Gasteiger partial charge in [0, 0.05) is 17.8 Å². The number of carbonyl (C=O) groups is 1. The van der Waals surface area contributed by atoms with Gasteiger partial charge in [-0.15, -0.1) is 0 Å². The maximum atomic E-state index is 13.0. The van der Waals surface area contributed by atoms with E-state index in [0.29, 0.717) is 25.0 Å². The number of aliphatic hydroxyl groups is 1. The second kappa shape index (κ2) is 8.53. The molecule has 0 bridgehead atoms. The normalized spacial score (nSPS) is 34.6. The van der Waals surface area contributed by atoms with Crippen molar-refractivity contribution < 1.29 is 32.5 Å². The van der Waals surface area contributed by atoms with E-state index in [1.54, 1.807) is 13.2 Å². The fraction of sp³-hybridized carbons (Fsp3) is 0.536. The molecule has 0 aromatic heterocycles. The lowest BCUT2D eigenvalue weighted by molar-refractivity contribution is -0.114. The highest BCUT2D eigenvalue weighted by atomic mass is 19.4.